The molecule has 2 atom stereocenters. The normalized spacial score (nSPS) is 29.0. The lowest BCUT2D eigenvalue weighted by Gasteiger charge is -2.49. The van der Waals surface area contributed by atoms with Gasteiger partial charge in [-0.3, -0.25) is 4.79 Å². The van der Waals surface area contributed by atoms with Crippen LogP contribution in [0.3, 0.4) is 0 Å². The fourth-order valence-electron chi connectivity index (χ4n) is 2.08. The monoisotopic (exact) mass is 233 g/mol. The van der Waals surface area contributed by atoms with Gasteiger partial charge in [-0.2, -0.15) is 15.8 Å². The van der Waals surface area contributed by atoms with Crippen molar-refractivity contribution in [3.8, 4) is 18.2 Å². The number of hydrogen-bond acceptors (Lipinski definition) is 6. The van der Waals surface area contributed by atoms with Crippen molar-refractivity contribution in [3.05, 3.63) is 0 Å². The van der Waals surface area contributed by atoms with Gasteiger partial charge in [-0.15, -0.1) is 0 Å². The SMILES string of the molecule is CCOC1CC(C#N)(C(=O)OC)C1(C#N)C#N. The van der Waals surface area contributed by atoms with Gasteiger partial charge in [0.2, 0.25) is 0 Å². The van der Waals surface area contributed by atoms with Crippen LogP contribution in [0.2, 0.25) is 0 Å². The Balaban J connectivity index is 3.23. The van der Waals surface area contributed by atoms with E-state index in [1.807, 2.05) is 0 Å². The third-order valence-corrected chi connectivity index (χ3v) is 3.09. The number of nitriles is 3. The third kappa shape index (κ3) is 1.37. The Bertz CT molecular complexity index is 440. The summed E-state index contributed by atoms with van der Waals surface area (Å²) in [6, 6.07) is 5.24. The van der Waals surface area contributed by atoms with Gasteiger partial charge in [0.05, 0.1) is 31.4 Å². The summed E-state index contributed by atoms with van der Waals surface area (Å²) in [6.07, 6.45) is -0.730. The second kappa shape index (κ2) is 4.41. The predicted molar refractivity (Wildman–Crippen MR) is 53.8 cm³/mol. The maximum Gasteiger partial charge on any atom is 0.329 e. The number of ether oxygens (including phenoxy) is 2. The standard InChI is InChI=1S/C11H11N3O3/c1-3-17-8-4-10(5-12,9(15)16-2)11(8,6-13)7-14/h8H,3-4H2,1-2H3. The fourth-order valence-corrected chi connectivity index (χ4v) is 2.08. The number of hydrogen-bond donors (Lipinski definition) is 0. The molecular formula is C11H11N3O3. The molecule has 1 saturated carbocycles. The van der Waals surface area contributed by atoms with Crippen LogP contribution in [0, 0.1) is 44.8 Å². The van der Waals surface area contributed by atoms with E-state index in [2.05, 4.69) is 4.74 Å². The molecule has 6 heteroatoms. The molecule has 1 aliphatic rings. The van der Waals surface area contributed by atoms with E-state index in [4.69, 9.17) is 20.5 Å². The number of nitrogens with zero attached hydrogens (tertiary/aromatic N) is 3. The molecule has 0 N–H and O–H groups in total. The van der Waals surface area contributed by atoms with Crippen molar-refractivity contribution in [1.29, 1.82) is 15.8 Å². The quantitative estimate of drug-likeness (QED) is 0.657. The molecule has 17 heavy (non-hydrogen) atoms. The summed E-state index contributed by atoms with van der Waals surface area (Å²) >= 11 is 0. The summed E-state index contributed by atoms with van der Waals surface area (Å²) in [4.78, 5) is 11.6. The Morgan fingerprint density at radius 2 is 1.94 bits per heavy atom. The van der Waals surface area contributed by atoms with Crippen LogP contribution < -0.4 is 0 Å². The third-order valence-electron chi connectivity index (χ3n) is 3.09. The van der Waals surface area contributed by atoms with Crippen LogP contribution in [-0.2, 0) is 14.3 Å². The smallest absolute Gasteiger partial charge is 0.329 e. The summed E-state index contributed by atoms with van der Waals surface area (Å²) in [5.41, 5.74) is -3.53. The molecule has 0 aromatic heterocycles. The molecule has 1 aliphatic carbocycles. The summed E-state index contributed by atoms with van der Waals surface area (Å²) in [5.74, 6) is -0.862. The molecule has 88 valence electrons. The zero-order chi connectivity index (χ0) is 13.1. The minimum Gasteiger partial charge on any atom is -0.468 e. The largest absolute Gasteiger partial charge is 0.468 e. The first kappa shape index (κ1) is 13.0. The summed E-state index contributed by atoms with van der Waals surface area (Å²) in [7, 11) is 1.12. The molecule has 0 radical (unpaired) electrons. The van der Waals surface area contributed by atoms with Crippen molar-refractivity contribution in [2.24, 2.45) is 10.8 Å². The van der Waals surface area contributed by atoms with Crippen LogP contribution in [0.1, 0.15) is 13.3 Å². The van der Waals surface area contributed by atoms with E-state index in [0.717, 1.165) is 7.11 Å². The Morgan fingerprint density at radius 1 is 1.35 bits per heavy atom. The molecule has 0 heterocycles. The molecule has 1 fully saturated rings. The van der Waals surface area contributed by atoms with Gasteiger partial charge >= 0.3 is 5.97 Å². The fraction of sp³-hybridized carbons (Fsp3) is 0.636. The van der Waals surface area contributed by atoms with Crippen LogP contribution in [0.25, 0.3) is 0 Å². The maximum absolute atomic E-state index is 11.6. The van der Waals surface area contributed by atoms with Crippen molar-refractivity contribution < 1.29 is 14.3 Å². The van der Waals surface area contributed by atoms with Gasteiger partial charge in [-0.05, 0) is 6.92 Å². The van der Waals surface area contributed by atoms with E-state index >= 15 is 0 Å². The molecule has 0 aromatic carbocycles. The van der Waals surface area contributed by atoms with Gasteiger partial charge in [0.1, 0.15) is 0 Å². The lowest BCUT2D eigenvalue weighted by molar-refractivity contribution is -0.182. The van der Waals surface area contributed by atoms with E-state index in [-0.39, 0.29) is 6.42 Å². The summed E-state index contributed by atoms with van der Waals surface area (Å²) < 4.78 is 9.74. The van der Waals surface area contributed by atoms with Crippen molar-refractivity contribution in [3.63, 3.8) is 0 Å². The highest BCUT2D eigenvalue weighted by Crippen LogP contribution is 2.58. The number of rotatable bonds is 3. The number of carbonyl (C=O) groups excluding carboxylic acids is 1. The van der Waals surface area contributed by atoms with E-state index in [9.17, 15) is 4.79 Å². The van der Waals surface area contributed by atoms with Crippen LogP contribution in [0.5, 0.6) is 0 Å². The molecule has 0 bridgehead atoms. The lowest BCUT2D eigenvalue weighted by Crippen LogP contribution is -2.64. The predicted octanol–water partition coefficient (Wildman–Crippen LogP) is 0.512. The zero-order valence-corrected chi connectivity index (χ0v) is 9.56. The average Bonchev–Trinajstić information content (AvgIpc) is 2.35. The summed E-state index contributed by atoms with van der Waals surface area (Å²) in [6.45, 7) is 2.02. The first-order valence-corrected chi connectivity index (χ1v) is 5.02. The Kier molecular flexibility index (Phi) is 3.36. The molecule has 0 aliphatic heterocycles. The van der Waals surface area contributed by atoms with Crippen LogP contribution in [0.15, 0.2) is 0 Å². The van der Waals surface area contributed by atoms with Crippen LogP contribution >= 0.6 is 0 Å². The van der Waals surface area contributed by atoms with Crippen molar-refractivity contribution >= 4 is 5.97 Å². The molecule has 0 saturated heterocycles. The highest BCUT2D eigenvalue weighted by molar-refractivity contribution is 5.85. The van der Waals surface area contributed by atoms with E-state index in [1.54, 1.807) is 25.1 Å². The van der Waals surface area contributed by atoms with Gasteiger partial charge < -0.3 is 9.47 Å². The molecule has 2 unspecified atom stereocenters. The minimum absolute atomic E-state index is 0.00509. The van der Waals surface area contributed by atoms with Crippen molar-refractivity contribution in [2.75, 3.05) is 13.7 Å². The first-order valence-electron chi connectivity index (χ1n) is 5.02. The second-order valence-electron chi connectivity index (χ2n) is 3.69. The number of esters is 1. The number of carbonyl (C=O) groups is 1. The molecule has 0 aromatic rings. The molecular weight excluding hydrogens is 222 g/mol. The lowest BCUT2D eigenvalue weighted by atomic mass is 9.49. The van der Waals surface area contributed by atoms with Crippen molar-refractivity contribution in [2.45, 2.75) is 19.4 Å². The van der Waals surface area contributed by atoms with Crippen LogP contribution in [0.4, 0.5) is 0 Å². The molecule has 0 spiro atoms. The average molecular weight is 233 g/mol. The number of methoxy groups -OCH3 is 1. The van der Waals surface area contributed by atoms with Gasteiger partial charge in [0.15, 0.2) is 10.8 Å². The van der Waals surface area contributed by atoms with E-state index in [0.29, 0.717) is 6.61 Å². The van der Waals surface area contributed by atoms with Crippen molar-refractivity contribution in [1.82, 2.24) is 0 Å². The van der Waals surface area contributed by atoms with Crippen LogP contribution in [-0.4, -0.2) is 25.8 Å². The second-order valence-corrected chi connectivity index (χ2v) is 3.69. The Morgan fingerprint density at radius 3 is 2.29 bits per heavy atom. The Hall–Kier alpha value is -2.10. The topological polar surface area (TPSA) is 107 Å². The van der Waals surface area contributed by atoms with E-state index in [1.165, 1.54) is 0 Å². The highest BCUT2D eigenvalue weighted by Gasteiger charge is 2.74. The van der Waals surface area contributed by atoms with Gasteiger partial charge in [-0.25, -0.2) is 0 Å². The molecule has 1 rings (SSSR count). The van der Waals surface area contributed by atoms with E-state index < -0.39 is 22.9 Å². The van der Waals surface area contributed by atoms with Gasteiger partial charge in [0, 0.05) is 13.0 Å². The van der Waals surface area contributed by atoms with Gasteiger partial charge in [0.25, 0.3) is 0 Å². The molecule has 6 nitrogen and oxygen atoms in total. The maximum atomic E-state index is 11.6. The highest BCUT2D eigenvalue weighted by atomic mass is 16.5. The first-order chi connectivity index (χ1) is 8.08. The Labute approximate surface area is 98.9 Å². The summed E-state index contributed by atoms with van der Waals surface area (Å²) in [5, 5.41) is 27.4. The zero-order valence-electron chi connectivity index (χ0n) is 9.56. The molecule has 0 amide bonds. The van der Waals surface area contributed by atoms with Gasteiger partial charge in [-0.1, -0.05) is 0 Å². The minimum atomic E-state index is -1.79.